The largest absolute Gasteiger partial charge is 0.494 e. The Morgan fingerprint density at radius 1 is 1.07 bits per heavy atom. The van der Waals surface area contributed by atoms with Crippen molar-refractivity contribution in [2.45, 2.75) is 26.9 Å². The molecule has 1 aromatic heterocycles. The van der Waals surface area contributed by atoms with E-state index < -0.39 is 12.1 Å². The number of amides is 1. The molecule has 30 heavy (non-hydrogen) atoms. The van der Waals surface area contributed by atoms with Crippen LogP contribution in [0.2, 0.25) is 0 Å². The first kappa shape index (κ1) is 21.0. The zero-order chi connectivity index (χ0) is 21.5. The summed E-state index contributed by atoms with van der Waals surface area (Å²) in [7, 11) is 0. The second-order valence-corrected chi connectivity index (χ2v) is 6.58. The zero-order valence-electron chi connectivity index (χ0n) is 17.0. The number of carbonyl (C=O) groups is 2. The smallest absolute Gasteiger partial charge is 0.326 e. The first-order valence-electron chi connectivity index (χ1n) is 9.57. The minimum atomic E-state index is -0.744. The van der Waals surface area contributed by atoms with Crippen molar-refractivity contribution >= 4 is 11.9 Å². The van der Waals surface area contributed by atoms with Crippen LogP contribution in [-0.2, 0) is 9.53 Å². The van der Waals surface area contributed by atoms with Crippen LogP contribution in [0.5, 0.6) is 5.75 Å². The van der Waals surface area contributed by atoms with E-state index in [0.29, 0.717) is 23.8 Å². The van der Waals surface area contributed by atoms with Gasteiger partial charge in [-0.25, -0.2) is 0 Å². The summed E-state index contributed by atoms with van der Waals surface area (Å²) in [5.41, 5.74) is 2.31. The zero-order valence-corrected chi connectivity index (χ0v) is 17.0. The number of benzene rings is 2. The maximum atomic E-state index is 12.2. The molecule has 8 nitrogen and oxygen atoms in total. The van der Waals surface area contributed by atoms with Gasteiger partial charge in [0.1, 0.15) is 12.3 Å². The van der Waals surface area contributed by atoms with Crippen molar-refractivity contribution in [2.24, 2.45) is 0 Å². The first-order chi connectivity index (χ1) is 14.5. The van der Waals surface area contributed by atoms with Crippen LogP contribution < -0.4 is 10.1 Å². The SMILES string of the molecule is CCOc1ccc(C(=O)NCC(=O)O[C@H](C)c2nnc(-c3ccc(C)cc3)o2)cc1. The van der Waals surface area contributed by atoms with Gasteiger partial charge in [0.2, 0.25) is 5.89 Å². The van der Waals surface area contributed by atoms with Crippen molar-refractivity contribution in [3.8, 4) is 17.2 Å². The Labute approximate surface area is 174 Å². The third kappa shape index (κ3) is 5.44. The lowest BCUT2D eigenvalue weighted by Crippen LogP contribution is -2.31. The molecule has 0 spiro atoms. The predicted octanol–water partition coefficient (Wildman–Crippen LogP) is 3.48. The van der Waals surface area contributed by atoms with Crippen molar-refractivity contribution in [2.75, 3.05) is 13.2 Å². The first-order valence-corrected chi connectivity index (χ1v) is 9.57. The predicted molar refractivity (Wildman–Crippen MR) is 109 cm³/mol. The third-order valence-corrected chi connectivity index (χ3v) is 4.22. The number of aryl methyl sites for hydroxylation is 1. The Balaban J connectivity index is 1.51. The van der Waals surface area contributed by atoms with E-state index in [0.717, 1.165) is 11.1 Å². The quantitative estimate of drug-likeness (QED) is 0.568. The minimum Gasteiger partial charge on any atom is -0.494 e. The average molecular weight is 409 g/mol. The third-order valence-electron chi connectivity index (χ3n) is 4.22. The molecule has 1 N–H and O–H groups in total. The fourth-order valence-corrected chi connectivity index (χ4v) is 2.62. The summed E-state index contributed by atoms with van der Waals surface area (Å²) in [6.07, 6.45) is -0.744. The lowest BCUT2D eigenvalue weighted by atomic mass is 10.1. The summed E-state index contributed by atoms with van der Waals surface area (Å²) in [6, 6.07) is 14.3. The fraction of sp³-hybridized carbons (Fsp3) is 0.273. The molecule has 2 aromatic carbocycles. The Kier molecular flexibility index (Phi) is 6.79. The molecular formula is C22H23N3O5. The molecule has 0 aliphatic rings. The van der Waals surface area contributed by atoms with E-state index in [1.807, 2.05) is 38.1 Å². The summed E-state index contributed by atoms with van der Waals surface area (Å²) in [6.45, 7) is 5.75. The molecule has 0 fully saturated rings. The van der Waals surface area contributed by atoms with Gasteiger partial charge >= 0.3 is 5.97 Å². The van der Waals surface area contributed by atoms with Gasteiger partial charge in [0, 0.05) is 11.1 Å². The monoisotopic (exact) mass is 409 g/mol. The van der Waals surface area contributed by atoms with E-state index in [1.54, 1.807) is 31.2 Å². The number of carbonyl (C=O) groups excluding carboxylic acids is 2. The highest BCUT2D eigenvalue weighted by Gasteiger charge is 2.19. The van der Waals surface area contributed by atoms with Gasteiger partial charge in [0.05, 0.1) is 6.61 Å². The van der Waals surface area contributed by atoms with E-state index in [9.17, 15) is 9.59 Å². The topological polar surface area (TPSA) is 104 Å². The number of nitrogens with one attached hydrogen (secondary N) is 1. The van der Waals surface area contributed by atoms with Crippen LogP contribution in [0.4, 0.5) is 0 Å². The molecular weight excluding hydrogens is 386 g/mol. The number of esters is 1. The molecule has 156 valence electrons. The van der Waals surface area contributed by atoms with Crippen LogP contribution in [0.25, 0.3) is 11.5 Å². The summed E-state index contributed by atoms with van der Waals surface area (Å²) < 4.78 is 16.2. The van der Waals surface area contributed by atoms with Crippen LogP contribution >= 0.6 is 0 Å². The molecule has 0 aliphatic heterocycles. The number of nitrogens with zero attached hydrogens (tertiary/aromatic N) is 2. The summed E-state index contributed by atoms with van der Waals surface area (Å²) in [4.78, 5) is 24.2. The molecule has 0 bridgehead atoms. The Hall–Kier alpha value is -3.68. The maximum Gasteiger partial charge on any atom is 0.326 e. The number of hydrogen-bond acceptors (Lipinski definition) is 7. The van der Waals surface area contributed by atoms with Crippen molar-refractivity contribution < 1.29 is 23.5 Å². The number of rotatable bonds is 8. The van der Waals surface area contributed by atoms with E-state index in [2.05, 4.69) is 15.5 Å². The van der Waals surface area contributed by atoms with Crippen molar-refractivity contribution in [1.29, 1.82) is 0 Å². The van der Waals surface area contributed by atoms with Gasteiger partial charge in [-0.3, -0.25) is 9.59 Å². The van der Waals surface area contributed by atoms with Crippen LogP contribution in [0.15, 0.2) is 52.9 Å². The van der Waals surface area contributed by atoms with Gasteiger partial charge in [-0.1, -0.05) is 17.7 Å². The van der Waals surface area contributed by atoms with Gasteiger partial charge < -0.3 is 19.2 Å². The molecule has 0 saturated heterocycles. The summed E-state index contributed by atoms with van der Waals surface area (Å²) in [5, 5.41) is 10.5. The van der Waals surface area contributed by atoms with Gasteiger partial charge in [-0.2, -0.15) is 0 Å². The second-order valence-electron chi connectivity index (χ2n) is 6.58. The lowest BCUT2D eigenvalue weighted by molar-refractivity contribution is -0.148. The normalized spacial score (nSPS) is 11.6. The maximum absolute atomic E-state index is 12.2. The lowest BCUT2D eigenvalue weighted by Gasteiger charge is -2.10. The highest BCUT2D eigenvalue weighted by atomic mass is 16.6. The highest BCUT2D eigenvalue weighted by Crippen LogP contribution is 2.22. The van der Waals surface area contributed by atoms with Crippen LogP contribution in [0.1, 0.15) is 41.8 Å². The Morgan fingerprint density at radius 3 is 2.43 bits per heavy atom. The summed E-state index contributed by atoms with van der Waals surface area (Å²) >= 11 is 0. The Morgan fingerprint density at radius 2 is 1.77 bits per heavy atom. The molecule has 3 rings (SSSR count). The van der Waals surface area contributed by atoms with Gasteiger partial charge in [-0.15, -0.1) is 10.2 Å². The van der Waals surface area contributed by atoms with Gasteiger partial charge in [0.25, 0.3) is 11.8 Å². The van der Waals surface area contributed by atoms with Crippen molar-refractivity contribution in [1.82, 2.24) is 15.5 Å². The second kappa shape index (κ2) is 9.69. The van der Waals surface area contributed by atoms with E-state index in [1.165, 1.54) is 0 Å². The van der Waals surface area contributed by atoms with Crippen LogP contribution in [0.3, 0.4) is 0 Å². The molecule has 3 aromatic rings. The highest BCUT2D eigenvalue weighted by molar-refractivity contribution is 5.96. The van der Waals surface area contributed by atoms with Crippen LogP contribution in [0, 0.1) is 6.92 Å². The summed E-state index contributed by atoms with van der Waals surface area (Å²) in [5.74, 6) is 0.194. The number of hydrogen-bond donors (Lipinski definition) is 1. The molecule has 0 saturated carbocycles. The molecule has 1 heterocycles. The molecule has 8 heteroatoms. The van der Waals surface area contributed by atoms with Gasteiger partial charge in [-0.05, 0) is 57.2 Å². The van der Waals surface area contributed by atoms with Crippen molar-refractivity contribution in [3.05, 3.63) is 65.5 Å². The number of aromatic nitrogens is 2. The van der Waals surface area contributed by atoms with E-state index in [-0.39, 0.29) is 18.3 Å². The van der Waals surface area contributed by atoms with E-state index >= 15 is 0 Å². The average Bonchev–Trinajstić information content (AvgIpc) is 3.24. The Bertz CT molecular complexity index is 996. The molecule has 0 unspecified atom stereocenters. The van der Waals surface area contributed by atoms with Gasteiger partial charge in [0.15, 0.2) is 6.10 Å². The van der Waals surface area contributed by atoms with Crippen LogP contribution in [-0.4, -0.2) is 35.2 Å². The molecule has 1 atom stereocenters. The minimum absolute atomic E-state index is 0.178. The molecule has 1 amide bonds. The van der Waals surface area contributed by atoms with E-state index in [4.69, 9.17) is 13.9 Å². The van der Waals surface area contributed by atoms with Crippen molar-refractivity contribution in [3.63, 3.8) is 0 Å². The molecule has 0 aliphatic carbocycles. The standard InChI is InChI=1S/C22H23N3O5/c1-4-28-18-11-9-16(10-12-18)20(27)23-13-19(26)29-15(3)21-24-25-22(30-21)17-7-5-14(2)6-8-17/h5-12,15H,4,13H2,1-3H3,(H,23,27)/t15-/m1/s1. The number of ether oxygens (including phenoxy) is 2. The molecule has 0 radical (unpaired) electrons. The fourth-order valence-electron chi connectivity index (χ4n) is 2.62.